The van der Waals surface area contributed by atoms with Crippen LogP contribution in [0.1, 0.15) is 102 Å². The average Bonchev–Trinajstić information content (AvgIpc) is 2.86. The highest BCUT2D eigenvalue weighted by molar-refractivity contribution is 5.54. The van der Waals surface area contributed by atoms with E-state index in [9.17, 15) is 5.11 Å². The van der Waals surface area contributed by atoms with Gasteiger partial charge < -0.3 is 19.5 Å². The molecule has 0 aliphatic carbocycles. The smallest absolute Gasteiger partial charge is 0.203 e. The number of phenolic OH excluding ortho intramolecular Hbond substituents is 1. The van der Waals surface area contributed by atoms with Crippen molar-refractivity contribution in [3.8, 4) is 17.2 Å². The SMILES string of the molecule is CCCCCCCCCCCCCCCCN1CCN(Cc2ccc(OC)c(OC)c2O)CC1. The summed E-state index contributed by atoms with van der Waals surface area (Å²) in [4.78, 5) is 5.02. The fourth-order valence-electron chi connectivity index (χ4n) is 5.02. The van der Waals surface area contributed by atoms with Crippen molar-refractivity contribution in [1.82, 2.24) is 9.80 Å². The average molecular weight is 477 g/mol. The molecule has 1 N–H and O–H groups in total. The van der Waals surface area contributed by atoms with Crippen molar-refractivity contribution in [3.63, 3.8) is 0 Å². The molecule has 0 amide bonds. The normalized spacial score (nSPS) is 15.0. The van der Waals surface area contributed by atoms with Gasteiger partial charge in [0.05, 0.1) is 14.2 Å². The first kappa shape index (κ1) is 28.8. The Morgan fingerprint density at radius 1 is 0.676 bits per heavy atom. The molecule has 196 valence electrons. The van der Waals surface area contributed by atoms with Gasteiger partial charge in [0.2, 0.25) is 5.75 Å². The van der Waals surface area contributed by atoms with Gasteiger partial charge in [0.15, 0.2) is 11.5 Å². The third kappa shape index (κ3) is 10.9. The van der Waals surface area contributed by atoms with E-state index in [1.807, 2.05) is 12.1 Å². The number of phenols is 1. The van der Waals surface area contributed by atoms with E-state index in [0.717, 1.165) is 38.3 Å². The van der Waals surface area contributed by atoms with Gasteiger partial charge in [-0.05, 0) is 19.0 Å². The van der Waals surface area contributed by atoms with Crippen LogP contribution in [0, 0.1) is 0 Å². The molecule has 0 spiro atoms. The van der Waals surface area contributed by atoms with Crippen molar-refractivity contribution >= 4 is 0 Å². The monoisotopic (exact) mass is 476 g/mol. The maximum atomic E-state index is 10.5. The van der Waals surface area contributed by atoms with Crippen LogP contribution in [0.25, 0.3) is 0 Å². The third-order valence-electron chi connectivity index (χ3n) is 7.29. The quantitative estimate of drug-likeness (QED) is 0.218. The maximum Gasteiger partial charge on any atom is 0.203 e. The van der Waals surface area contributed by atoms with Crippen molar-refractivity contribution in [3.05, 3.63) is 17.7 Å². The highest BCUT2D eigenvalue weighted by atomic mass is 16.5. The van der Waals surface area contributed by atoms with E-state index in [-0.39, 0.29) is 5.75 Å². The summed E-state index contributed by atoms with van der Waals surface area (Å²) < 4.78 is 10.6. The predicted molar refractivity (Wildman–Crippen MR) is 143 cm³/mol. The lowest BCUT2D eigenvalue weighted by molar-refractivity contribution is 0.124. The summed E-state index contributed by atoms with van der Waals surface area (Å²) in [5.74, 6) is 1.20. The highest BCUT2D eigenvalue weighted by Gasteiger charge is 2.20. The second kappa shape index (κ2) is 17.9. The molecule has 0 radical (unpaired) electrons. The minimum atomic E-state index is 0.201. The zero-order valence-corrected chi connectivity index (χ0v) is 22.5. The second-order valence-corrected chi connectivity index (χ2v) is 10.0. The summed E-state index contributed by atoms with van der Waals surface area (Å²) in [6.07, 6.45) is 19.8. The summed E-state index contributed by atoms with van der Waals surface area (Å²) in [5.41, 5.74) is 0.901. The van der Waals surface area contributed by atoms with Gasteiger partial charge in [-0.25, -0.2) is 0 Å². The lowest BCUT2D eigenvalue weighted by atomic mass is 10.0. The molecule has 0 bridgehead atoms. The van der Waals surface area contributed by atoms with Crippen LogP contribution in [0.2, 0.25) is 0 Å². The molecular weight excluding hydrogens is 424 g/mol. The van der Waals surface area contributed by atoms with Gasteiger partial charge in [-0.3, -0.25) is 4.90 Å². The van der Waals surface area contributed by atoms with Gasteiger partial charge in [-0.2, -0.15) is 0 Å². The van der Waals surface area contributed by atoms with Crippen LogP contribution in [-0.2, 0) is 6.54 Å². The van der Waals surface area contributed by atoms with Crippen molar-refractivity contribution in [2.45, 2.75) is 103 Å². The Morgan fingerprint density at radius 2 is 1.18 bits per heavy atom. The molecule has 1 aromatic rings. The number of rotatable bonds is 19. The molecule has 1 heterocycles. The Hall–Kier alpha value is -1.46. The van der Waals surface area contributed by atoms with Gasteiger partial charge in [-0.15, -0.1) is 0 Å². The van der Waals surface area contributed by atoms with Crippen LogP contribution >= 0.6 is 0 Å². The highest BCUT2D eigenvalue weighted by Crippen LogP contribution is 2.39. The molecule has 1 aromatic carbocycles. The summed E-state index contributed by atoms with van der Waals surface area (Å²) in [5, 5.41) is 10.5. The minimum Gasteiger partial charge on any atom is -0.504 e. The summed E-state index contributed by atoms with van der Waals surface area (Å²) in [6, 6.07) is 3.82. The number of benzene rings is 1. The molecule has 1 aliphatic heterocycles. The van der Waals surface area contributed by atoms with Crippen molar-refractivity contribution in [2.75, 3.05) is 46.9 Å². The van der Waals surface area contributed by atoms with E-state index < -0.39 is 0 Å². The fourth-order valence-corrected chi connectivity index (χ4v) is 5.02. The fraction of sp³-hybridized carbons (Fsp3) is 0.793. The number of nitrogens with zero attached hydrogens (tertiary/aromatic N) is 2. The molecule has 1 fully saturated rings. The van der Waals surface area contributed by atoms with Crippen LogP contribution in [0.3, 0.4) is 0 Å². The molecule has 0 atom stereocenters. The summed E-state index contributed by atoms with van der Waals surface area (Å²) in [7, 11) is 3.16. The molecule has 5 nitrogen and oxygen atoms in total. The van der Waals surface area contributed by atoms with Crippen molar-refractivity contribution in [1.29, 1.82) is 0 Å². The number of hydrogen-bond acceptors (Lipinski definition) is 5. The van der Waals surface area contributed by atoms with Crippen LogP contribution in [0.4, 0.5) is 0 Å². The first-order chi connectivity index (χ1) is 16.7. The molecule has 34 heavy (non-hydrogen) atoms. The number of unbranched alkanes of at least 4 members (excludes halogenated alkanes) is 13. The topological polar surface area (TPSA) is 45.2 Å². The molecule has 1 aliphatic rings. The molecule has 1 saturated heterocycles. The number of ether oxygens (including phenoxy) is 2. The number of hydrogen-bond donors (Lipinski definition) is 1. The number of methoxy groups -OCH3 is 2. The van der Waals surface area contributed by atoms with Gasteiger partial charge in [-0.1, -0.05) is 96.5 Å². The van der Waals surface area contributed by atoms with E-state index in [0.29, 0.717) is 11.5 Å². The first-order valence-corrected chi connectivity index (χ1v) is 14.1. The summed E-state index contributed by atoms with van der Waals surface area (Å²) in [6.45, 7) is 8.60. The zero-order chi connectivity index (χ0) is 24.4. The predicted octanol–water partition coefficient (Wildman–Crippen LogP) is 7.01. The third-order valence-corrected chi connectivity index (χ3v) is 7.29. The van der Waals surface area contributed by atoms with E-state index in [1.165, 1.54) is 96.4 Å². The van der Waals surface area contributed by atoms with Crippen LogP contribution in [-0.4, -0.2) is 61.8 Å². The largest absolute Gasteiger partial charge is 0.504 e. The molecule has 0 unspecified atom stereocenters. The zero-order valence-electron chi connectivity index (χ0n) is 22.5. The van der Waals surface area contributed by atoms with Crippen LogP contribution in [0.15, 0.2) is 12.1 Å². The maximum absolute atomic E-state index is 10.5. The van der Waals surface area contributed by atoms with E-state index in [1.54, 1.807) is 14.2 Å². The van der Waals surface area contributed by atoms with E-state index >= 15 is 0 Å². The van der Waals surface area contributed by atoms with E-state index in [4.69, 9.17) is 9.47 Å². The second-order valence-electron chi connectivity index (χ2n) is 10.0. The van der Waals surface area contributed by atoms with Gasteiger partial charge in [0.1, 0.15) is 0 Å². The Bertz CT molecular complexity index is 645. The minimum absolute atomic E-state index is 0.201. The lowest BCUT2D eigenvalue weighted by Crippen LogP contribution is -2.46. The van der Waals surface area contributed by atoms with Gasteiger partial charge in [0, 0.05) is 38.3 Å². The molecule has 2 rings (SSSR count). The van der Waals surface area contributed by atoms with Crippen molar-refractivity contribution in [2.24, 2.45) is 0 Å². The lowest BCUT2D eigenvalue weighted by Gasteiger charge is -2.35. The Balaban J connectivity index is 1.46. The van der Waals surface area contributed by atoms with Crippen LogP contribution < -0.4 is 9.47 Å². The number of aromatic hydroxyl groups is 1. The Labute approximate surface area is 209 Å². The Morgan fingerprint density at radius 3 is 1.68 bits per heavy atom. The van der Waals surface area contributed by atoms with Gasteiger partial charge >= 0.3 is 0 Å². The molecule has 0 aromatic heterocycles. The standard InChI is InChI=1S/C29H52N2O3/c1-4-5-6-7-8-9-10-11-12-13-14-15-16-17-20-30-21-23-31(24-22-30)25-26-18-19-27(33-2)29(34-3)28(26)32/h18-19,32H,4-17,20-25H2,1-3H3. The number of piperazine rings is 1. The van der Waals surface area contributed by atoms with Crippen LogP contribution in [0.5, 0.6) is 17.2 Å². The molecule has 0 saturated carbocycles. The van der Waals surface area contributed by atoms with Crippen molar-refractivity contribution < 1.29 is 14.6 Å². The van der Waals surface area contributed by atoms with E-state index in [2.05, 4.69) is 16.7 Å². The Kier molecular flexibility index (Phi) is 15.1. The summed E-state index contributed by atoms with van der Waals surface area (Å²) >= 11 is 0. The molecular formula is C29H52N2O3. The van der Waals surface area contributed by atoms with Gasteiger partial charge in [0.25, 0.3) is 0 Å². The first-order valence-electron chi connectivity index (χ1n) is 14.1. The molecule has 5 heteroatoms.